The average Bonchev–Trinajstić information content (AvgIpc) is 3.17. The summed E-state index contributed by atoms with van der Waals surface area (Å²) in [6.45, 7) is 7.05. The van der Waals surface area contributed by atoms with Gasteiger partial charge in [0, 0.05) is 6.54 Å². The summed E-state index contributed by atoms with van der Waals surface area (Å²) in [4.78, 5) is 50.9. The monoisotopic (exact) mass is 415 g/mol. The largest absolute Gasteiger partial charge is 0.480 e. The fraction of sp³-hybridized carbons (Fsp3) is 0.789. The molecule has 0 spiro atoms. The number of aliphatic hydroxyl groups is 1. The van der Waals surface area contributed by atoms with Crippen LogP contribution in [0.1, 0.15) is 47.0 Å². The molecule has 5 atom stereocenters. The number of quaternary nitrogens is 1. The summed E-state index contributed by atoms with van der Waals surface area (Å²) in [5.41, 5.74) is 3.54. The molecule has 0 aromatic rings. The van der Waals surface area contributed by atoms with Gasteiger partial charge in [0.15, 0.2) is 6.04 Å². The van der Waals surface area contributed by atoms with Crippen molar-refractivity contribution in [2.24, 2.45) is 11.8 Å². The summed E-state index contributed by atoms with van der Waals surface area (Å²) in [5, 5.41) is 23.7. The van der Waals surface area contributed by atoms with E-state index >= 15 is 0 Å². The lowest BCUT2D eigenvalue weighted by molar-refractivity contribution is -0.409. The summed E-state index contributed by atoms with van der Waals surface area (Å²) in [6, 6.07) is -3.56. The molecule has 166 valence electrons. The van der Waals surface area contributed by atoms with E-state index < -0.39 is 54.5 Å². The number of likely N-dealkylation sites (tertiary alicyclic amines) is 1. The maximum Gasteiger partial charge on any atom is 0.326 e. The first-order valence-electron chi connectivity index (χ1n) is 10.1. The minimum Gasteiger partial charge on any atom is -0.480 e. The maximum atomic E-state index is 13.1. The van der Waals surface area contributed by atoms with Crippen LogP contribution >= 0.6 is 0 Å². The zero-order valence-electron chi connectivity index (χ0n) is 17.7. The predicted octanol–water partition coefficient (Wildman–Crippen LogP) is -1.66. The van der Waals surface area contributed by atoms with E-state index in [1.807, 2.05) is 6.92 Å². The van der Waals surface area contributed by atoms with E-state index in [2.05, 4.69) is 16.4 Å². The van der Waals surface area contributed by atoms with Gasteiger partial charge >= 0.3 is 5.97 Å². The molecule has 10 heteroatoms. The van der Waals surface area contributed by atoms with E-state index in [4.69, 9.17) is 5.11 Å². The van der Waals surface area contributed by atoms with Crippen molar-refractivity contribution >= 4 is 23.7 Å². The Morgan fingerprint density at radius 3 is 2.24 bits per heavy atom. The Labute approximate surface area is 171 Å². The Hall–Kier alpha value is -2.20. The van der Waals surface area contributed by atoms with Gasteiger partial charge in [-0.2, -0.15) is 0 Å². The van der Waals surface area contributed by atoms with E-state index in [1.165, 1.54) is 4.90 Å². The van der Waals surface area contributed by atoms with E-state index in [9.17, 15) is 24.3 Å². The number of amides is 3. The van der Waals surface area contributed by atoms with E-state index in [1.54, 1.807) is 20.8 Å². The van der Waals surface area contributed by atoms with Crippen LogP contribution in [0, 0.1) is 11.8 Å². The summed E-state index contributed by atoms with van der Waals surface area (Å²) in [5.74, 6) is -3.04. The topological polar surface area (TPSA) is 164 Å². The molecule has 0 aromatic carbocycles. The summed E-state index contributed by atoms with van der Waals surface area (Å²) in [7, 11) is 0. The van der Waals surface area contributed by atoms with Crippen LogP contribution < -0.4 is 16.4 Å². The number of nitrogens with zero attached hydrogens (tertiary/aromatic N) is 1. The normalized spacial score (nSPS) is 20.7. The Morgan fingerprint density at radius 2 is 1.76 bits per heavy atom. The van der Waals surface area contributed by atoms with Gasteiger partial charge in [-0.1, -0.05) is 34.1 Å². The molecule has 0 radical (unpaired) electrons. The summed E-state index contributed by atoms with van der Waals surface area (Å²) >= 11 is 0. The molecule has 1 saturated heterocycles. The molecule has 0 aromatic heterocycles. The van der Waals surface area contributed by atoms with Crippen LogP contribution in [0.3, 0.4) is 0 Å². The van der Waals surface area contributed by atoms with Gasteiger partial charge in [0.25, 0.3) is 5.91 Å². The third-order valence-corrected chi connectivity index (χ3v) is 5.44. The highest BCUT2D eigenvalue weighted by atomic mass is 16.4. The van der Waals surface area contributed by atoms with Gasteiger partial charge in [-0.15, -0.1) is 0 Å². The lowest BCUT2D eigenvalue weighted by atomic mass is 9.98. The van der Waals surface area contributed by atoms with Crippen LogP contribution in [0.2, 0.25) is 0 Å². The molecule has 1 aliphatic heterocycles. The van der Waals surface area contributed by atoms with Crippen molar-refractivity contribution in [2.75, 3.05) is 13.2 Å². The quantitative estimate of drug-likeness (QED) is 0.286. The SMILES string of the molecule is CC[C@H](C)[C@H](NC(=O)[C@@H]1CCCN1C(=O)[C@@H](NC(=O)[C@@H]([NH3+])CO)C(C)C)C(=O)O. The first kappa shape index (κ1) is 24.8. The molecule has 0 saturated carbocycles. The fourth-order valence-electron chi connectivity index (χ4n) is 3.28. The highest BCUT2D eigenvalue weighted by Gasteiger charge is 2.40. The zero-order valence-corrected chi connectivity index (χ0v) is 17.7. The second kappa shape index (κ2) is 11.1. The van der Waals surface area contributed by atoms with Crippen molar-refractivity contribution in [3.8, 4) is 0 Å². The summed E-state index contributed by atoms with van der Waals surface area (Å²) < 4.78 is 0. The van der Waals surface area contributed by atoms with Gasteiger partial charge in [0.1, 0.15) is 24.7 Å². The smallest absolute Gasteiger partial charge is 0.326 e. The fourth-order valence-corrected chi connectivity index (χ4v) is 3.28. The van der Waals surface area contributed by atoms with Gasteiger partial charge in [0.2, 0.25) is 11.8 Å². The second-order valence-electron chi connectivity index (χ2n) is 8.01. The van der Waals surface area contributed by atoms with Crippen molar-refractivity contribution in [1.82, 2.24) is 15.5 Å². The molecule has 7 N–H and O–H groups in total. The van der Waals surface area contributed by atoms with Crippen molar-refractivity contribution in [3.63, 3.8) is 0 Å². The maximum absolute atomic E-state index is 13.1. The number of rotatable bonds is 10. The van der Waals surface area contributed by atoms with Crippen molar-refractivity contribution in [1.29, 1.82) is 0 Å². The third kappa shape index (κ3) is 6.40. The molecule has 10 nitrogen and oxygen atoms in total. The number of carbonyl (C=O) groups excluding carboxylic acids is 3. The third-order valence-electron chi connectivity index (χ3n) is 5.44. The number of aliphatic hydroxyl groups excluding tert-OH is 1. The molecule has 0 aliphatic carbocycles. The minimum atomic E-state index is -1.11. The molecule has 1 aliphatic rings. The van der Waals surface area contributed by atoms with Crippen molar-refractivity contribution in [3.05, 3.63) is 0 Å². The van der Waals surface area contributed by atoms with Crippen LogP contribution in [-0.2, 0) is 19.2 Å². The lowest BCUT2D eigenvalue weighted by Crippen LogP contribution is -2.71. The zero-order chi connectivity index (χ0) is 22.3. The molecule has 3 amide bonds. The lowest BCUT2D eigenvalue weighted by Gasteiger charge is -2.31. The number of aliphatic carboxylic acids is 1. The van der Waals surface area contributed by atoms with Crippen molar-refractivity contribution in [2.45, 2.75) is 71.1 Å². The Morgan fingerprint density at radius 1 is 1.14 bits per heavy atom. The highest BCUT2D eigenvalue weighted by molar-refractivity contribution is 5.94. The van der Waals surface area contributed by atoms with Crippen LogP contribution in [0.15, 0.2) is 0 Å². The van der Waals surface area contributed by atoms with Crippen LogP contribution in [0.4, 0.5) is 0 Å². The molecule has 29 heavy (non-hydrogen) atoms. The number of nitrogens with one attached hydrogen (secondary N) is 2. The first-order valence-corrected chi connectivity index (χ1v) is 10.1. The van der Waals surface area contributed by atoms with Gasteiger partial charge in [-0.05, 0) is 24.7 Å². The van der Waals surface area contributed by atoms with Crippen LogP contribution in [0.5, 0.6) is 0 Å². The first-order chi connectivity index (χ1) is 13.5. The van der Waals surface area contributed by atoms with Crippen LogP contribution in [-0.4, -0.2) is 76.1 Å². The molecule has 1 fully saturated rings. The summed E-state index contributed by atoms with van der Waals surface area (Å²) in [6.07, 6.45) is 1.62. The Balaban J connectivity index is 2.94. The minimum absolute atomic E-state index is 0.242. The molecule has 1 rings (SSSR count). The Bertz CT molecular complexity index is 612. The van der Waals surface area contributed by atoms with E-state index in [0.717, 1.165) is 0 Å². The van der Waals surface area contributed by atoms with Gasteiger partial charge < -0.3 is 31.5 Å². The molecule has 0 bridgehead atoms. The predicted molar refractivity (Wildman–Crippen MR) is 104 cm³/mol. The van der Waals surface area contributed by atoms with Gasteiger partial charge in [-0.3, -0.25) is 14.4 Å². The van der Waals surface area contributed by atoms with E-state index in [0.29, 0.717) is 25.8 Å². The standard InChI is InChI=1S/C19H34N4O6/c1-5-11(4)15(19(28)29)22-17(26)13-7-6-8-23(13)18(27)14(10(2)3)21-16(25)12(20)9-24/h10-15,24H,5-9,20H2,1-4H3,(H,21,25)(H,22,26)(H,28,29)/p+1/t11-,12-,13-,14-,15-/m0/s1. The van der Waals surface area contributed by atoms with Crippen LogP contribution in [0.25, 0.3) is 0 Å². The van der Waals surface area contributed by atoms with Gasteiger partial charge in [0.05, 0.1) is 0 Å². The molecule has 0 unspecified atom stereocenters. The molecular formula is C19H35N4O6+. The van der Waals surface area contributed by atoms with Crippen molar-refractivity contribution < 1.29 is 35.1 Å². The number of carboxylic acid groups (broad SMARTS) is 1. The highest BCUT2D eigenvalue weighted by Crippen LogP contribution is 2.21. The second-order valence-corrected chi connectivity index (χ2v) is 8.01. The number of hydrogen-bond donors (Lipinski definition) is 5. The number of carboxylic acids is 1. The van der Waals surface area contributed by atoms with E-state index in [-0.39, 0.29) is 11.8 Å². The number of carbonyl (C=O) groups is 4. The molecular weight excluding hydrogens is 380 g/mol. The average molecular weight is 416 g/mol. The Kier molecular flexibility index (Phi) is 9.51. The number of hydrogen-bond acceptors (Lipinski definition) is 5. The van der Waals surface area contributed by atoms with Gasteiger partial charge in [-0.25, -0.2) is 4.79 Å². The molecule has 1 heterocycles.